The fourth-order valence-corrected chi connectivity index (χ4v) is 13.8. The maximum absolute atomic E-state index is 13.1. The summed E-state index contributed by atoms with van der Waals surface area (Å²) in [5.41, 5.74) is 0. The highest BCUT2D eigenvalue weighted by Crippen LogP contribution is 2.45. The fraction of sp³-hybridized carbons (Fsp3) is 0.949. The van der Waals surface area contributed by atoms with Gasteiger partial charge in [0.05, 0.1) is 26.4 Å². The quantitative estimate of drug-likeness (QED) is 0.0222. The van der Waals surface area contributed by atoms with Crippen molar-refractivity contribution in [2.45, 2.75) is 432 Å². The molecule has 0 heterocycles. The van der Waals surface area contributed by atoms with Crippen molar-refractivity contribution in [2.75, 3.05) is 39.6 Å². The van der Waals surface area contributed by atoms with Crippen molar-refractivity contribution in [3.05, 3.63) is 0 Å². The lowest BCUT2D eigenvalue weighted by Gasteiger charge is -2.21. The number of ether oxygens (including phenoxy) is 4. The van der Waals surface area contributed by atoms with Crippen molar-refractivity contribution < 1.29 is 80.2 Å². The van der Waals surface area contributed by atoms with E-state index < -0.39 is 97.5 Å². The predicted octanol–water partition coefficient (Wildman–Crippen LogP) is 23.5. The summed E-state index contributed by atoms with van der Waals surface area (Å²) in [4.78, 5) is 72.9. The van der Waals surface area contributed by atoms with E-state index in [-0.39, 0.29) is 25.7 Å². The Bertz CT molecular complexity index is 1890. The number of rotatable bonds is 78. The van der Waals surface area contributed by atoms with E-state index >= 15 is 0 Å². The number of phosphoric ester groups is 2. The van der Waals surface area contributed by atoms with E-state index in [1.165, 1.54) is 231 Å². The molecule has 0 amide bonds. The molecule has 3 N–H and O–H groups in total. The molecule has 0 aliphatic heterocycles. The highest BCUT2D eigenvalue weighted by atomic mass is 31.2. The zero-order valence-electron chi connectivity index (χ0n) is 64.1. The predicted molar refractivity (Wildman–Crippen MR) is 400 cm³/mol. The standard InChI is InChI=1S/C79H154O17P2/c1-7-9-11-13-15-17-18-19-20-21-22-23-24-25-33-39-45-51-57-63-78(83)96-75(68-90-77(82)62-56-50-44-38-32-28-26-30-36-41-47-53-59-71(3)4)70-94-98(87,88)92-66-73(80)65-91-97(85,86)93-69-74(67-89-76(81)61-55-49-43-35-16-14-12-10-8-2)95-79(84)64-58-52-46-40-34-29-27-31-37-42-48-54-60-72(5)6/h71-75,80H,7-70H2,1-6H3,(H,85,86)(H,87,88)/t73-,74+,75+/m0/s1. The molecule has 0 aliphatic carbocycles. The Balaban J connectivity index is 5.22. The maximum Gasteiger partial charge on any atom is 0.472 e. The number of carbonyl (C=O) groups excluding carboxylic acids is 4. The topological polar surface area (TPSA) is 237 Å². The van der Waals surface area contributed by atoms with Crippen LogP contribution in [0.2, 0.25) is 0 Å². The van der Waals surface area contributed by atoms with Crippen LogP contribution >= 0.6 is 15.6 Å². The van der Waals surface area contributed by atoms with Crippen molar-refractivity contribution in [2.24, 2.45) is 11.8 Å². The molecule has 0 aromatic carbocycles. The summed E-state index contributed by atoms with van der Waals surface area (Å²) in [5.74, 6) is -0.553. The number of aliphatic hydroxyl groups excluding tert-OH is 1. The van der Waals surface area contributed by atoms with Crippen LogP contribution in [0, 0.1) is 11.8 Å². The molecule has 2 unspecified atom stereocenters. The summed E-state index contributed by atoms with van der Waals surface area (Å²) in [5, 5.41) is 10.6. The largest absolute Gasteiger partial charge is 0.472 e. The zero-order chi connectivity index (χ0) is 72.1. The smallest absolute Gasteiger partial charge is 0.462 e. The maximum atomic E-state index is 13.1. The Labute approximate surface area is 600 Å². The Kier molecular flexibility index (Phi) is 69.3. The zero-order valence-corrected chi connectivity index (χ0v) is 65.9. The third kappa shape index (κ3) is 72.4. The minimum absolute atomic E-state index is 0.107. The van der Waals surface area contributed by atoms with E-state index in [0.29, 0.717) is 25.7 Å². The molecule has 17 nitrogen and oxygen atoms in total. The van der Waals surface area contributed by atoms with Crippen LogP contribution in [0.1, 0.15) is 414 Å². The van der Waals surface area contributed by atoms with E-state index in [9.17, 15) is 43.2 Å². The number of hydrogen-bond donors (Lipinski definition) is 3. The first-order valence-corrected chi connectivity index (χ1v) is 44.0. The van der Waals surface area contributed by atoms with E-state index in [4.69, 9.17) is 37.0 Å². The molecular weight excluding hydrogens is 1280 g/mol. The van der Waals surface area contributed by atoms with Crippen molar-refractivity contribution in [1.82, 2.24) is 0 Å². The van der Waals surface area contributed by atoms with E-state index in [0.717, 1.165) is 102 Å². The van der Waals surface area contributed by atoms with E-state index in [1.54, 1.807) is 0 Å². The van der Waals surface area contributed by atoms with Gasteiger partial charge in [-0.05, 0) is 37.5 Å². The molecule has 0 spiro atoms. The van der Waals surface area contributed by atoms with Gasteiger partial charge in [0.25, 0.3) is 0 Å². The summed E-state index contributed by atoms with van der Waals surface area (Å²) in [6.07, 6.45) is 59.6. The highest BCUT2D eigenvalue weighted by Gasteiger charge is 2.30. The van der Waals surface area contributed by atoms with Crippen molar-refractivity contribution in [1.29, 1.82) is 0 Å². The van der Waals surface area contributed by atoms with Gasteiger partial charge in [0.1, 0.15) is 19.3 Å². The van der Waals surface area contributed by atoms with Gasteiger partial charge in [-0.1, -0.05) is 363 Å². The van der Waals surface area contributed by atoms with Crippen LogP contribution in [0.25, 0.3) is 0 Å². The number of phosphoric acid groups is 2. The van der Waals surface area contributed by atoms with Gasteiger partial charge in [0.15, 0.2) is 12.2 Å². The second kappa shape index (κ2) is 70.7. The Morgan fingerprint density at radius 2 is 0.469 bits per heavy atom. The van der Waals surface area contributed by atoms with Gasteiger partial charge < -0.3 is 33.8 Å². The summed E-state index contributed by atoms with van der Waals surface area (Å²) in [6.45, 7) is 9.63. The van der Waals surface area contributed by atoms with Crippen molar-refractivity contribution in [3.8, 4) is 0 Å². The van der Waals surface area contributed by atoms with Crippen LogP contribution in [0.5, 0.6) is 0 Å². The van der Waals surface area contributed by atoms with Gasteiger partial charge in [0.2, 0.25) is 0 Å². The SMILES string of the molecule is CCCCCCCCCCCCCCCCCCCCCC(=O)O[C@H](COC(=O)CCCCCCCCCCCCCCC(C)C)COP(=O)(O)OC[C@@H](O)COP(=O)(O)OC[C@@H](COC(=O)CCCCCCCCCCC)OC(=O)CCCCCCCCCCCCCCC(C)C. The minimum atomic E-state index is -4.96. The summed E-state index contributed by atoms with van der Waals surface area (Å²) < 4.78 is 68.6. The number of aliphatic hydroxyl groups is 1. The average molecular weight is 1440 g/mol. The molecule has 0 saturated carbocycles. The molecule has 582 valence electrons. The lowest BCUT2D eigenvalue weighted by molar-refractivity contribution is -0.161. The van der Waals surface area contributed by atoms with Crippen molar-refractivity contribution >= 4 is 39.5 Å². The van der Waals surface area contributed by atoms with Gasteiger partial charge >= 0.3 is 39.5 Å². The molecule has 0 saturated heterocycles. The lowest BCUT2D eigenvalue weighted by atomic mass is 10.0. The first-order valence-electron chi connectivity index (χ1n) is 41.0. The molecular formula is C79H154O17P2. The Hall–Kier alpha value is -1.94. The summed E-state index contributed by atoms with van der Waals surface area (Å²) in [6, 6.07) is 0. The van der Waals surface area contributed by atoms with Gasteiger partial charge in [-0.15, -0.1) is 0 Å². The summed E-state index contributed by atoms with van der Waals surface area (Å²) >= 11 is 0. The van der Waals surface area contributed by atoms with Crippen LogP contribution in [0.4, 0.5) is 0 Å². The third-order valence-corrected chi connectivity index (χ3v) is 20.4. The number of esters is 4. The molecule has 19 heteroatoms. The van der Waals surface area contributed by atoms with Gasteiger partial charge in [-0.3, -0.25) is 37.3 Å². The fourth-order valence-electron chi connectivity index (χ4n) is 12.2. The minimum Gasteiger partial charge on any atom is -0.462 e. The number of unbranched alkanes of at least 4 members (excludes halogenated alkanes) is 48. The molecule has 0 aliphatic rings. The molecule has 0 aromatic rings. The van der Waals surface area contributed by atoms with Gasteiger partial charge in [-0.25, -0.2) is 9.13 Å². The van der Waals surface area contributed by atoms with Crippen LogP contribution in [-0.4, -0.2) is 96.7 Å². The molecule has 0 bridgehead atoms. The van der Waals surface area contributed by atoms with E-state index in [1.807, 2.05) is 0 Å². The second-order valence-electron chi connectivity index (χ2n) is 29.4. The van der Waals surface area contributed by atoms with Crippen LogP contribution < -0.4 is 0 Å². The molecule has 0 radical (unpaired) electrons. The molecule has 98 heavy (non-hydrogen) atoms. The van der Waals surface area contributed by atoms with Gasteiger partial charge in [-0.2, -0.15) is 0 Å². The molecule has 0 aromatic heterocycles. The summed E-state index contributed by atoms with van der Waals surface area (Å²) in [7, 11) is -9.91. The normalized spacial score (nSPS) is 13.9. The average Bonchev–Trinajstić information content (AvgIpc) is 1.55. The van der Waals surface area contributed by atoms with Gasteiger partial charge in [0, 0.05) is 25.7 Å². The number of hydrogen-bond acceptors (Lipinski definition) is 15. The first kappa shape index (κ1) is 96.1. The van der Waals surface area contributed by atoms with Crippen LogP contribution in [0.15, 0.2) is 0 Å². The lowest BCUT2D eigenvalue weighted by Crippen LogP contribution is -2.30. The number of carbonyl (C=O) groups is 4. The van der Waals surface area contributed by atoms with E-state index in [2.05, 4.69) is 41.5 Å². The van der Waals surface area contributed by atoms with Crippen LogP contribution in [-0.2, 0) is 65.4 Å². The van der Waals surface area contributed by atoms with Crippen LogP contribution in [0.3, 0.4) is 0 Å². The Morgan fingerprint density at radius 3 is 0.694 bits per heavy atom. The molecule has 0 rings (SSSR count). The van der Waals surface area contributed by atoms with Crippen molar-refractivity contribution in [3.63, 3.8) is 0 Å². The molecule has 0 fully saturated rings. The first-order chi connectivity index (χ1) is 47.4. The monoisotopic (exact) mass is 1440 g/mol. The molecule has 5 atom stereocenters. The second-order valence-corrected chi connectivity index (χ2v) is 32.3. The Morgan fingerprint density at radius 1 is 0.276 bits per heavy atom. The highest BCUT2D eigenvalue weighted by molar-refractivity contribution is 7.47. The third-order valence-electron chi connectivity index (χ3n) is 18.5.